The molecule has 0 radical (unpaired) electrons. The summed E-state index contributed by atoms with van der Waals surface area (Å²) < 4.78 is 10.9. The zero-order valence-corrected chi connectivity index (χ0v) is 15.8. The Bertz CT molecular complexity index is 783. The highest BCUT2D eigenvalue weighted by Gasteiger charge is 2.30. The van der Waals surface area contributed by atoms with Gasteiger partial charge in [-0.15, -0.1) is 0 Å². The third-order valence-corrected chi connectivity index (χ3v) is 5.01. The summed E-state index contributed by atoms with van der Waals surface area (Å²) in [6, 6.07) is 12.2. The molecule has 26 heavy (non-hydrogen) atoms. The Kier molecular flexibility index (Phi) is 5.35. The highest BCUT2D eigenvalue weighted by Crippen LogP contribution is 2.45. The monoisotopic (exact) mass is 354 g/mol. The number of nitrogens with zero attached hydrogens (tertiary/aromatic N) is 1. The second-order valence-corrected chi connectivity index (χ2v) is 6.36. The number of hydrogen-bond acceptors (Lipinski definition) is 4. The number of carbonyl (C=O) groups is 1. The van der Waals surface area contributed by atoms with Crippen LogP contribution in [0, 0.1) is 0 Å². The van der Waals surface area contributed by atoms with E-state index in [0.29, 0.717) is 12.2 Å². The van der Waals surface area contributed by atoms with Crippen molar-refractivity contribution in [3.8, 4) is 11.5 Å². The summed E-state index contributed by atoms with van der Waals surface area (Å²) in [5.41, 5.74) is 4.07. The Morgan fingerprint density at radius 1 is 1.08 bits per heavy atom. The average molecular weight is 354 g/mol. The summed E-state index contributed by atoms with van der Waals surface area (Å²) in [5.74, 6) is 1.37. The zero-order valence-electron chi connectivity index (χ0n) is 15.8. The maximum Gasteiger partial charge on any atom is 0.225 e. The molecule has 1 N–H and O–H groups in total. The van der Waals surface area contributed by atoms with E-state index in [1.807, 2.05) is 12.1 Å². The van der Waals surface area contributed by atoms with Gasteiger partial charge in [0.25, 0.3) is 0 Å². The molecule has 0 fully saturated rings. The lowest BCUT2D eigenvalue weighted by atomic mass is 9.84. The van der Waals surface area contributed by atoms with Crippen LogP contribution >= 0.6 is 0 Å². The lowest BCUT2D eigenvalue weighted by molar-refractivity contribution is -0.116. The van der Waals surface area contributed by atoms with Crippen LogP contribution in [-0.4, -0.2) is 33.2 Å². The van der Waals surface area contributed by atoms with Crippen LogP contribution in [0.2, 0.25) is 0 Å². The van der Waals surface area contributed by atoms with E-state index in [9.17, 15) is 4.79 Å². The predicted molar refractivity (Wildman–Crippen MR) is 105 cm³/mol. The SMILES string of the molecule is CCN(CC)c1ccc([C@H]2CC(=O)Nc3cc(OC)cc(OC)c32)cc1. The first-order valence-electron chi connectivity index (χ1n) is 9.01. The van der Waals surface area contributed by atoms with Gasteiger partial charge in [0.15, 0.2) is 0 Å². The fourth-order valence-electron chi connectivity index (χ4n) is 3.63. The Morgan fingerprint density at radius 2 is 1.77 bits per heavy atom. The van der Waals surface area contributed by atoms with Crippen molar-refractivity contribution in [1.82, 2.24) is 0 Å². The van der Waals surface area contributed by atoms with Gasteiger partial charge in [0.05, 0.1) is 19.9 Å². The predicted octanol–water partition coefficient (Wildman–Crippen LogP) is 4.02. The molecular formula is C21H26N2O3. The van der Waals surface area contributed by atoms with Crippen molar-refractivity contribution in [1.29, 1.82) is 0 Å². The minimum Gasteiger partial charge on any atom is -0.497 e. The van der Waals surface area contributed by atoms with E-state index >= 15 is 0 Å². The van der Waals surface area contributed by atoms with Crippen LogP contribution in [0.1, 0.15) is 37.3 Å². The lowest BCUT2D eigenvalue weighted by Gasteiger charge is -2.29. The molecule has 0 aliphatic carbocycles. The Hall–Kier alpha value is -2.69. The Balaban J connectivity index is 2.03. The molecule has 1 aliphatic heterocycles. The van der Waals surface area contributed by atoms with Crippen LogP contribution in [0.15, 0.2) is 36.4 Å². The molecule has 2 aromatic carbocycles. The molecule has 3 rings (SSSR count). The van der Waals surface area contributed by atoms with E-state index in [1.54, 1.807) is 14.2 Å². The quantitative estimate of drug-likeness (QED) is 0.851. The normalized spacial score (nSPS) is 15.8. The van der Waals surface area contributed by atoms with Crippen molar-refractivity contribution in [3.63, 3.8) is 0 Å². The van der Waals surface area contributed by atoms with Crippen LogP contribution < -0.4 is 19.7 Å². The molecule has 2 aromatic rings. The lowest BCUT2D eigenvalue weighted by Crippen LogP contribution is -2.24. The van der Waals surface area contributed by atoms with Gasteiger partial charge in [-0.2, -0.15) is 0 Å². The summed E-state index contributed by atoms with van der Waals surface area (Å²) >= 11 is 0. The fourth-order valence-corrected chi connectivity index (χ4v) is 3.63. The molecule has 1 aliphatic rings. The Labute approximate surface area is 154 Å². The van der Waals surface area contributed by atoms with Gasteiger partial charge < -0.3 is 19.7 Å². The zero-order chi connectivity index (χ0) is 18.7. The van der Waals surface area contributed by atoms with Crippen molar-refractivity contribution >= 4 is 17.3 Å². The van der Waals surface area contributed by atoms with Gasteiger partial charge in [0.2, 0.25) is 5.91 Å². The van der Waals surface area contributed by atoms with Crippen LogP contribution in [0.3, 0.4) is 0 Å². The summed E-state index contributed by atoms with van der Waals surface area (Å²) in [6.45, 7) is 6.24. The molecule has 138 valence electrons. The third-order valence-electron chi connectivity index (χ3n) is 5.01. The van der Waals surface area contributed by atoms with E-state index in [4.69, 9.17) is 9.47 Å². The molecule has 0 saturated heterocycles. The minimum absolute atomic E-state index is 0.00521. The van der Waals surface area contributed by atoms with E-state index in [0.717, 1.165) is 35.7 Å². The maximum atomic E-state index is 12.3. The average Bonchev–Trinajstić information content (AvgIpc) is 2.67. The van der Waals surface area contributed by atoms with Crippen LogP contribution in [-0.2, 0) is 4.79 Å². The summed E-state index contributed by atoms with van der Waals surface area (Å²) in [6.07, 6.45) is 0.403. The molecule has 1 atom stereocenters. The van der Waals surface area contributed by atoms with Crippen LogP contribution in [0.4, 0.5) is 11.4 Å². The van der Waals surface area contributed by atoms with E-state index in [2.05, 4.69) is 48.3 Å². The number of amides is 1. The fraction of sp³-hybridized carbons (Fsp3) is 0.381. The molecular weight excluding hydrogens is 328 g/mol. The first-order valence-corrected chi connectivity index (χ1v) is 9.01. The molecule has 0 spiro atoms. The van der Waals surface area contributed by atoms with Gasteiger partial charge >= 0.3 is 0 Å². The van der Waals surface area contributed by atoms with Gasteiger partial charge in [-0.25, -0.2) is 0 Å². The topological polar surface area (TPSA) is 50.8 Å². The van der Waals surface area contributed by atoms with E-state index in [1.165, 1.54) is 5.69 Å². The van der Waals surface area contributed by atoms with Crippen molar-refractivity contribution in [3.05, 3.63) is 47.5 Å². The van der Waals surface area contributed by atoms with Crippen molar-refractivity contribution in [2.24, 2.45) is 0 Å². The number of nitrogens with one attached hydrogen (secondary N) is 1. The van der Waals surface area contributed by atoms with Gasteiger partial charge in [-0.1, -0.05) is 12.1 Å². The number of methoxy groups -OCH3 is 2. The van der Waals surface area contributed by atoms with Crippen molar-refractivity contribution in [2.75, 3.05) is 37.5 Å². The second kappa shape index (κ2) is 7.68. The number of rotatable bonds is 6. The molecule has 0 unspecified atom stereocenters. The third kappa shape index (κ3) is 3.34. The molecule has 0 aromatic heterocycles. The number of ether oxygens (including phenoxy) is 2. The number of benzene rings is 2. The molecule has 5 heteroatoms. The molecule has 0 bridgehead atoms. The summed E-state index contributed by atoms with van der Waals surface area (Å²) in [7, 11) is 3.25. The molecule has 1 heterocycles. The first-order chi connectivity index (χ1) is 12.6. The maximum absolute atomic E-state index is 12.3. The van der Waals surface area contributed by atoms with E-state index in [-0.39, 0.29) is 11.8 Å². The number of carbonyl (C=O) groups excluding carboxylic acids is 1. The summed E-state index contributed by atoms with van der Waals surface area (Å²) in [4.78, 5) is 14.6. The number of fused-ring (bicyclic) bond motifs is 1. The first kappa shape index (κ1) is 18.1. The highest BCUT2D eigenvalue weighted by molar-refractivity contribution is 5.96. The summed E-state index contributed by atoms with van der Waals surface area (Å²) in [5, 5.41) is 2.95. The Morgan fingerprint density at radius 3 is 2.35 bits per heavy atom. The van der Waals surface area contributed by atoms with Crippen molar-refractivity contribution < 1.29 is 14.3 Å². The largest absolute Gasteiger partial charge is 0.497 e. The van der Waals surface area contributed by atoms with Crippen LogP contribution in [0.25, 0.3) is 0 Å². The smallest absolute Gasteiger partial charge is 0.225 e. The van der Waals surface area contributed by atoms with Gasteiger partial charge in [0, 0.05) is 48.8 Å². The molecule has 1 amide bonds. The minimum atomic E-state index is -0.0367. The van der Waals surface area contributed by atoms with Crippen molar-refractivity contribution in [2.45, 2.75) is 26.2 Å². The second-order valence-electron chi connectivity index (χ2n) is 6.36. The highest BCUT2D eigenvalue weighted by atomic mass is 16.5. The van der Waals surface area contributed by atoms with E-state index < -0.39 is 0 Å². The van der Waals surface area contributed by atoms with Crippen LogP contribution in [0.5, 0.6) is 11.5 Å². The van der Waals surface area contributed by atoms with Gasteiger partial charge in [-0.05, 0) is 31.5 Å². The molecule has 5 nitrogen and oxygen atoms in total. The number of anilines is 2. The molecule has 0 saturated carbocycles. The standard InChI is InChI=1S/C21H26N2O3/c1-5-23(6-2)15-9-7-14(8-10-15)17-13-20(24)22-18-11-16(25-3)12-19(26-4)21(17)18/h7-12,17H,5-6,13H2,1-4H3,(H,22,24)/t17-/m1/s1. The van der Waals surface area contributed by atoms with Gasteiger partial charge in [0.1, 0.15) is 11.5 Å². The van der Waals surface area contributed by atoms with Gasteiger partial charge in [-0.3, -0.25) is 4.79 Å². The number of hydrogen-bond donors (Lipinski definition) is 1.